The van der Waals surface area contributed by atoms with Gasteiger partial charge in [0.15, 0.2) is 17.2 Å². The fraction of sp³-hybridized carbons (Fsp3) is 0.348. The standard InChI is InChI=1S/C23H18ClF5N6O3/c1-11(31-14-2-3-17(24)33-19(14)21(36)37)13-8-12(38-23(27,28)29)9-15-18(13)34-20(16(10-30)32-15)35-6-4-22(25,26)5-7-35/h2-3,8-9,11,31H,4-7H2,1H3,(H,36,37)/t11-/m1/s1. The molecule has 1 aliphatic rings. The van der Waals surface area contributed by atoms with Crippen LogP contribution in [0.4, 0.5) is 33.5 Å². The van der Waals surface area contributed by atoms with E-state index < -0.39 is 48.6 Å². The molecule has 0 radical (unpaired) electrons. The minimum absolute atomic E-state index is 0.00724. The Morgan fingerprint density at radius 3 is 2.53 bits per heavy atom. The number of carboxylic acids is 1. The van der Waals surface area contributed by atoms with Crippen LogP contribution in [0.25, 0.3) is 11.0 Å². The summed E-state index contributed by atoms with van der Waals surface area (Å²) in [4.78, 5) is 25.5. The molecule has 1 saturated heterocycles. The number of carboxylic acid groups (broad SMARTS) is 1. The van der Waals surface area contributed by atoms with Crippen molar-refractivity contribution in [3.05, 3.63) is 46.4 Å². The van der Waals surface area contributed by atoms with Crippen LogP contribution in [0, 0.1) is 11.3 Å². The quantitative estimate of drug-likeness (QED) is 0.297. The summed E-state index contributed by atoms with van der Waals surface area (Å²) < 4.78 is 70.6. The molecule has 15 heteroatoms. The molecule has 0 saturated carbocycles. The molecule has 1 aliphatic heterocycles. The van der Waals surface area contributed by atoms with E-state index in [1.54, 1.807) is 0 Å². The van der Waals surface area contributed by atoms with Crippen LogP contribution >= 0.6 is 11.6 Å². The largest absolute Gasteiger partial charge is 0.573 e. The lowest BCUT2D eigenvalue weighted by Crippen LogP contribution is -2.40. The van der Waals surface area contributed by atoms with Gasteiger partial charge >= 0.3 is 12.3 Å². The summed E-state index contributed by atoms with van der Waals surface area (Å²) in [5.41, 5.74) is -0.619. The number of halogens is 6. The van der Waals surface area contributed by atoms with Crippen LogP contribution in [0.3, 0.4) is 0 Å². The fourth-order valence-corrected chi connectivity index (χ4v) is 4.19. The molecule has 0 bridgehead atoms. The Bertz CT molecular complexity index is 1440. The van der Waals surface area contributed by atoms with Crippen molar-refractivity contribution in [1.82, 2.24) is 15.0 Å². The third kappa shape index (κ3) is 5.94. The van der Waals surface area contributed by atoms with Gasteiger partial charge in [0.25, 0.3) is 5.92 Å². The first-order valence-electron chi connectivity index (χ1n) is 11.1. The molecule has 1 fully saturated rings. The zero-order valence-corrected chi connectivity index (χ0v) is 20.2. The molecule has 2 aromatic heterocycles. The molecular formula is C23H18ClF5N6O3. The first-order chi connectivity index (χ1) is 17.8. The Morgan fingerprint density at radius 1 is 1.24 bits per heavy atom. The smallest absolute Gasteiger partial charge is 0.476 e. The van der Waals surface area contributed by atoms with E-state index in [0.29, 0.717) is 0 Å². The summed E-state index contributed by atoms with van der Waals surface area (Å²) >= 11 is 5.79. The predicted molar refractivity (Wildman–Crippen MR) is 126 cm³/mol. The summed E-state index contributed by atoms with van der Waals surface area (Å²) in [6, 6.07) is 5.59. The number of benzene rings is 1. The van der Waals surface area contributed by atoms with E-state index in [-0.39, 0.29) is 52.0 Å². The Kier molecular flexibility index (Phi) is 7.16. The van der Waals surface area contributed by atoms with Gasteiger partial charge in [-0.2, -0.15) is 5.26 Å². The third-order valence-electron chi connectivity index (χ3n) is 5.79. The number of hydrogen-bond acceptors (Lipinski definition) is 8. The average Bonchev–Trinajstić information content (AvgIpc) is 2.82. The van der Waals surface area contributed by atoms with E-state index in [0.717, 1.165) is 12.1 Å². The molecule has 0 unspecified atom stereocenters. The average molecular weight is 557 g/mol. The van der Waals surface area contributed by atoms with Crippen molar-refractivity contribution in [1.29, 1.82) is 5.26 Å². The van der Waals surface area contributed by atoms with E-state index in [1.165, 1.54) is 24.0 Å². The minimum Gasteiger partial charge on any atom is -0.476 e. The molecule has 3 aromatic rings. The Hall–Kier alpha value is -3.99. The van der Waals surface area contributed by atoms with Gasteiger partial charge in [0, 0.05) is 37.6 Å². The van der Waals surface area contributed by atoms with Crippen LogP contribution in [-0.2, 0) is 0 Å². The predicted octanol–water partition coefficient (Wildman–Crippen LogP) is 5.56. The molecule has 0 amide bonds. The monoisotopic (exact) mass is 556 g/mol. The number of nitrogens with zero attached hydrogens (tertiary/aromatic N) is 5. The number of carbonyl (C=O) groups is 1. The van der Waals surface area contributed by atoms with Gasteiger partial charge < -0.3 is 20.1 Å². The van der Waals surface area contributed by atoms with Gasteiger partial charge in [0.05, 0.1) is 22.8 Å². The minimum atomic E-state index is -5.04. The van der Waals surface area contributed by atoms with Crippen LogP contribution in [0.5, 0.6) is 5.75 Å². The van der Waals surface area contributed by atoms with E-state index in [9.17, 15) is 37.1 Å². The molecule has 9 nitrogen and oxygen atoms in total. The number of aromatic nitrogens is 3. The number of aromatic carboxylic acids is 1. The first kappa shape index (κ1) is 27.1. The van der Waals surface area contributed by atoms with Crippen molar-refractivity contribution >= 4 is 40.1 Å². The van der Waals surface area contributed by atoms with Gasteiger partial charge in [-0.15, -0.1) is 13.2 Å². The highest BCUT2D eigenvalue weighted by Crippen LogP contribution is 2.36. The van der Waals surface area contributed by atoms with Crippen molar-refractivity contribution in [2.75, 3.05) is 23.3 Å². The summed E-state index contributed by atoms with van der Waals surface area (Å²) in [5.74, 6) is -4.91. The van der Waals surface area contributed by atoms with Gasteiger partial charge in [-0.05, 0) is 25.1 Å². The second-order valence-electron chi connectivity index (χ2n) is 8.48. The van der Waals surface area contributed by atoms with E-state index in [2.05, 4.69) is 25.0 Å². The van der Waals surface area contributed by atoms with Crippen molar-refractivity contribution in [3.8, 4) is 11.8 Å². The van der Waals surface area contributed by atoms with Crippen LogP contribution in [0.15, 0.2) is 24.3 Å². The van der Waals surface area contributed by atoms with Crippen LogP contribution < -0.4 is 15.0 Å². The lowest BCUT2D eigenvalue weighted by atomic mass is 10.0. The van der Waals surface area contributed by atoms with Gasteiger partial charge in [-0.1, -0.05) is 11.6 Å². The number of ether oxygens (including phenoxy) is 1. The number of rotatable bonds is 6. The Labute approximate surface area is 216 Å². The summed E-state index contributed by atoms with van der Waals surface area (Å²) in [6.45, 7) is 1.30. The number of piperidine rings is 1. The summed E-state index contributed by atoms with van der Waals surface area (Å²) in [6.07, 6.45) is -5.98. The SMILES string of the molecule is C[C@@H](Nc1ccc(Cl)nc1C(=O)O)c1cc(OC(F)(F)F)cc2nc(C#N)c(N3CCC(F)(F)CC3)nc12. The van der Waals surface area contributed by atoms with E-state index >= 15 is 0 Å². The molecule has 0 spiro atoms. The number of nitrogens with one attached hydrogen (secondary N) is 1. The van der Waals surface area contributed by atoms with E-state index in [1.807, 2.05) is 6.07 Å². The normalized spacial score (nSPS) is 16.1. The molecule has 4 rings (SSSR count). The van der Waals surface area contributed by atoms with Crippen molar-refractivity contribution in [2.45, 2.75) is 38.1 Å². The van der Waals surface area contributed by atoms with Gasteiger partial charge in [0.1, 0.15) is 17.0 Å². The highest BCUT2D eigenvalue weighted by Gasteiger charge is 2.36. The number of anilines is 2. The van der Waals surface area contributed by atoms with Gasteiger partial charge in [-0.3, -0.25) is 0 Å². The van der Waals surface area contributed by atoms with Gasteiger partial charge in [-0.25, -0.2) is 28.5 Å². The lowest BCUT2D eigenvalue weighted by molar-refractivity contribution is -0.274. The lowest BCUT2D eigenvalue weighted by Gasteiger charge is -2.33. The van der Waals surface area contributed by atoms with Crippen LogP contribution in [0.2, 0.25) is 5.15 Å². The third-order valence-corrected chi connectivity index (χ3v) is 6.00. The number of pyridine rings is 1. The highest BCUT2D eigenvalue weighted by atomic mass is 35.5. The Morgan fingerprint density at radius 2 is 1.92 bits per heavy atom. The zero-order valence-electron chi connectivity index (χ0n) is 19.5. The van der Waals surface area contributed by atoms with Crippen molar-refractivity contribution < 1.29 is 36.6 Å². The summed E-state index contributed by atoms with van der Waals surface area (Å²) in [5, 5.41) is 21.9. The maximum Gasteiger partial charge on any atom is 0.573 e. The van der Waals surface area contributed by atoms with Crippen molar-refractivity contribution in [3.63, 3.8) is 0 Å². The highest BCUT2D eigenvalue weighted by molar-refractivity contribution is 6.29. The molecule has 2 N–H and O–H groups in total. The molecule has 38 heavy (non-hydrogen) atoms. The van der Waals surface area contributed by atoms with Crippen LogP contribution in [-0.4, -0.2) is 51.4 Å². The van der Waals surface area contributed by atoms with Crippen LogP contribution in [0.1, 0.15) is 47.6 Å². The number of nitriles is 1. The first-order valence-corrected chi connectivity index (χ1v) is 11.4. The van der Waals surface area contributed by atoms with Gasteiger partial charge in [0.2, 0.25) is 0 Å². The molecule has 1 aromatic carbocycles. The topological polar surface area (TPSA) is 124 Å². The second-order valence-corrected chi connectivity index (χ2v) is 8.87. The number of alkyl halides is 5. The molecule has 200 valence electrons. The molecule has 0 aliphatic carbocycles. The number of hydrogen-bond donors (Lipinski definition) is 2. The molecule has 1 atom stereocenters. The van der Waals surface area contributed by atoms with E-state index in [4.69, 9.17) is 11.6 Å². The molecule has 3 heterocycles. The second kappa shape index (κ2) is 10.1. The summed E-state index contributed by atoms with van der Waals surface area (Å²) in [7, 11) is 0. The molecular weight excluding hydrogens is 539 g/mol. The zero-order chi connectivity index (χ0) is 27.8. The maximum atomic E-state index is 13.7. The fourth-order valence-electron chi connectivity index (χ4n) is 4.04. The Balaban J connectivity index is 1.84. The number of fused-ring (bicyclic) bond motifs is 1. The van der Waals surface area contributed by atoms with Crippen molar-refractivity contribution in [2.24, 2.45) is 0 Å². The maximum absolute atomic E-state index is 13.7.